The van der Waals surface area contributed by atoms with Crippen molar-refractivity contribution in [3.05, 3.63) is 29.6 Å². The van der Waals surface area contributed by atoms with E-state index in [1.54, 1.807) is 6.07 Å². The highest BCUT2D eigenvalue weighted by Gasteiger charge is 2.27. The van der Waals surface area contributed by atoms with Crippen molar-refractivity contribution in [3.8, 4) is 6.07 Å². The van der Waals surface area contributed by atoms with Gasteiger partial charge in [0, 0.05) is 18.3 Å². The summed E-state index contributed by atoms with van der Waals surface area (Å²) in [4.78, 5) is 24.7. The first-order valence-electron chi connectivity index (χ1n) is 9.22. The molecule has 30 heavy (non-hydrogen) atoms. The number of nitrogen functional groups attached to an aromatic ring is 1. The summed E-state index contributed by atoms with van der Waals surface area (Å²) in [5, 5.41) is 27.0. The summed E-state index contributed by atoms with van der Waals surface area (Å²) in [5.41, 5.74) is 4.93. The Kier molecular flexibility index (Phi) is 7.07. The number of nitrogens with zero attached hydrogens (tertiary/aromatic N) is 4. The average molecular weight is 416 g/mol. The van der Waals surface area contributed by atoms with E-state index in [-0.39, 0.29) is 35.5 Å². The van der Waals surface area contributed by atoms with Crippen molar-refractivity contribution in [3.63, 3.8) is 0 Å². The number of alkyl halides is 1. The zero-order valence-corrected chi connectivity index (χ0v) is 17.2. The van der Waals surface area contributed by atoms with Crippen LogP contribution in [0.1, 0.15) is 43.6 Å². The minimum absolute atomic E-state index is 0.00101. The third kappa shape index (κ3) is 5.99. The van der Waals surface area contributed by atoms with Gasteiger partial charge in [-0.05, 0) is 27.7 Å². The number of nitriles is 1. The summed E-state index contributed by atoms with van der Waals surface area (Å²) in [5.74, 6) is -0.0436. The maximum absolute atomic E-state index is 13.9. The van der Waals surface area contributed by atoms with Gasteiger partial charge in [0.15, 0.2) is 0 Å². The van der Waals surface area contributed by atoms with E-state index in [1.165, 1.54) is 26.2 Å². The van der Waals surface area contributed by atoms with E-state index in [1.807, 2.05) is 19.9 Å². The second-order valence-corrected chi connectivity index (χ2v) is 7.47. The molecule has 0 aliphatic carbocycles. The molecule has 0 bridgehead atoms. The average Bonchev–Trinajstić information content (AvgIpc) is 2.65. The fourth-order valence-corrected chi connectivity index (χ4v) is 2.32. The number of carbonyl (C=O) groups excluding carboxylic acids is 1. The quantitative estimate of drug-likeness (QED) is 0.431. The zero-order valence-electron chi connectivity index (χ0n) is 17.2. The van der Waals surface area contributed by atoms with E-state index in [4.69, 9.17) is 11.0 Å². The van der Waals surface area contributed by atoms with Gasteiger partial charge in [0.2, 0.25) is 5.95 Å². The van der Waals surface area contributed by atoms with Crippen LogP contribution in [0.4, 0.5) is 27.7 Å². The minimum atomic E-state index is -1.63. The summed E-state index contributed by atoms with van der Waals surface area (Å²) in [6.45, 7) is 6.10. The van der Waals surface area contributed by atoms with Crippen LogP contribution in [0.5, 0.6) is 0 Å². The Morgan fingerprint density at radius 1 is 1.37 bits per heavy atom. The standard InChI is InChI=1S/C19H25FN8O2/c1-10(2)26-13-5-15(27-18-25-7-11(6-21)16(22)28-18)23-8-12(13)17(29)24-9-14(20)19(3,4)30/h5,7-8,10,14,30H,9H2,1-4H3,(H,24,29)(H4,22,23,25,26,27,28). The Bertz CT molecular complexity index is 953. The molecule has 2 aromatic rings. The van der Waals surface area contributed by atoms with Crippen LogP contribution in [-0.4, -0.2) is 50.3 Å². The molecule has 10 nitrogen and oxygen atoms in total. The molecule has 1 unspecified atom stereocenters. The maximum atomic E-state index is 13.9. The molecule has 1 atom stereocenters. The second-order valence-electron chi connectivity index (χ2n) is 7.47. The molecule has 2 rings (SSSR count). The van der Waals surface area contributed by atoms with Crippen molar-refractivity contribution in [1.29, 1.82) is 5.26 Å². The van der Waals surface area contributed by atoms with E-state index in [0.717, 1.165) is 0 Å². The number of hydrogen-bond acceptors (Lipinski definition) is 9. The van der Waals surface area contributed by atoms with Gasteiger partial charge in [-0.25, -0.2) is 14.4 Å². The van der Waals surface area contributed by atoms with Crippen molar-refractivity contribution in [2.75, 3.05) is 22.9 Å². The number of halogens is 1. The fraction of sp³-hybridized carbons (Fsp3) is 0.421. The number of aromatic nitrogens is 3. The predicted octanol–water partition coefficient (Wildman–Crippen LogP) is 1.73. The van der Waals surface area contributed by atoms with Crippen LogP contribution in [0.3, 0.4) is 0 Å². The molecule has 0 fully saturated rings. The van der Waals surface area contributed by atoms with Crippen LogP contribution >= 0.6 is 0 Å². The van der Waals surface area contributed by atoms with Crippen LogP contribution in [0.2, 0.25) is 0 Å². The third-order valence-electron chi connectivity index (χ3n) is 3.98. The number of hydrogen-bond donors (Lipinski definition) is 5. The van der Waals surface area contributed by atoms with Gasteiger partial charge >= 0.3 is 0 Å². The first-order chi connectivity index (χ1) is 14.0. The molecule has 0 saturated carbocycles. The van der Waals surface area contributed by atoms with E-state index < -0.39 is 17.7 Å². The van der Waals surface area contributed by atoms with E-state index in [2.05, 4.69) is 30.9 Å². The van der Waals surface area contributed by atoms with Gasteiger partial charge < -0.3 is 26.8 Å². The van der Waals surface area contributed by atoms with Crippen LogP contribution in [0, 0.1) is 11.3 Å². The summed E-state index contributed by atoms with van der Waals surface area (Å²) in [6, 6.07) is 3.45. The van der Waals surface area contributed by atoms with Gasteiger partial charge in [-0.1, -0.05) is 0 Å². The van der Waals surface area contributed by atoms with Crippen LogP contribution < -0.4 is 21.7 Å². The number of rotatable bonds is 8. The fourth-order valence-electron chi connectivity index (χ4n) is 2.32. The topological polar surface area (TPSA) is 162 Å². The van der Waals surface area contributed by atoms with Gasteiger partial charge in [-0.15, -0.1) is 0 Å². The van der Waals surface area contributed by atoms with E-state index in [9.17, 15) is 14.3 Å². The first kappa shape index (κ1) is 22.8. The molecule has 0 spiro atoms. The third-order valence-corrected chi connectivity index (χ3v) is 3.98. The van der Waals surface area contributed by atoms with Crippen LogP contribution in [0.25, 0.3) is 0 Å². The molecule has 11 heteroatoms. The van der Waals surface area contributed by atoms with Gasteiger partial charge in [-0.3, -0.25) is 4.79 Å². The van der Waals surface area contributed by atoms with Crippen molar-refractivity contribution in [1.82, 2.24) is 20.3 Å². The zero-order chi connectivity index (χ0) is 22.5. The van der Waals surface area contributed by atoms with Gasteiger partial charge in [-0.2, -0.15) is 10.2 Å². The summed E-state index contributed by atoms with van der Waals surface area (Å²) in [7, 11) is 0. The molecular weight excluding hydrogens is 391 g/mol. The molecule has 160 valence electrons. The van der Waals surface area contributed by atoms with Crippen LogP contribution in [0.15, 0.2) is 18.5 Å². The monoisotopic (exact) mass is 416 g/mol. The number of nitrogens with two attached hydrogens (primary N) is 1. The first-order valence-corrected chi connectivity index (χ1v) is 9.22. The Morgan fingerprint density at radius 2 is 2.07 bits per heavy atom. The molecule has 0 aliphatic rings. The number of pyridine rings is 1. The van der Waals surface area contributed by atoms with Gasteiger partial charge in [0.05, 0.1) is 29.6 Å². The summed E-state index contributed by atoms with van der Waals surface area (Å²) < 4.78 is 13.9. The van der Waals surface area contributed by atoms with E-state index >= 15 is 0 Å². The smallest absolute Gasteiger partial charge is 0.255 e. The highest BCUT2D eigenvalue weighted by atomic mass is 19.1. The van der Waals surface area contributed by atoms with Crippen molar-refractivity contribution in [2.45, 2.75) is 45.5 Å². The number of carbonyl (C=O) groups is 1. The molecular formula is C19H25FN8O2. The number of aliphatic hydroxyl groups is 1. The Morgan fingerprint density at radius 3 is 2.63 bits per heavy atom. The normalized spacial score (nSPS) is 12.2. The number of nitrogens with one attached hydrogen (secondary N) is 3. The Labute approximate surface area is 173 Å². The molecule has 2 heterocycles. The number of anilines is 4. The van der Waals surface area contributed by atoms with Crippen LogP contribution in [-0.2, 0) is 0 Å². The lowest BCUT2D eigenvalue weighted by Gasteiger charge is -2.23. The lowest BCUT2D eigenvalue weighted by atomic mass is 10.0. The van der Waals surface area contributed by atoms with Crippen molar-refractivity contribution in [2.24, 2.45) is 0 Å². The van der Waals surface area contributed by atoms with Crippen molar-refractivity contribution < 1.29 is 14.3 Å². The molecule has 6 N–H and O–H groups in total. The Balaban J connectivity index is 2.23. The Hall–Kier alpha value is -3.52. The molecule has 1 amide bonds. The summed E-state index contributed by atoms with van der Waals surface area (Å²) >= 11 is 0. The lowest BCUT2D eigenvalue weighted by Crippen LogP contribution is -2.42. The molecule has 2 aromatic heterocycles. The minimum Gasteiger partial charge on any atom is -0.387 e. The molecule has 0 saturated heterocycles. The highest BCUT2D eigenvalue weighted by molar-refractivity contribution is 5.99. The molecule has 0 radical (unpaired) electrons. The van der Waals surface area contributed by atoms with Crippen molar-refractivity contribution >= 4 is 29.2 Å². The molecule has 0 aliphatic heterocycles. The van der Waals surface area contributed by atoms with E-state index in [0.29, 0.717) is 11.5 Å². The maximum Gasteiger partial charge on any atom is 0.255 e. The number of amides is 1. The second kappa shape index (κ2) is 9.32. The van der Waals surface area contributed by atoms with Gasteiger partial charge in [0.1, 0.15) is 29.4 Å². The SMILES string of the molecule is CC(C)Nc1cc(Nc2ncc(C#N)c(N)n2)ncc1C(=O)NCC(F)C(C)(C)O. The molecule has 0 aromatic carbocycles. The van der Waals surface area contributed by atoms with Gasteiger partial charge in [0.25, 0.3) is 5.91 Å². The summed E-state index contributed by atoms with van der Waals surface area (Å²) in [6.07, 6.45) is 0.985. The lowest BCUT2D eigenvalue weighted by molar-refractivity contribution is -0.00177. The largest absolute Gasteiger partial charge is 0.387 e. The predicted molar refractivity (Wildman–Crippen MR) is 111 cm³/mol. The highest BCUT2D eigenvalue weighted by Crippen LogP contribution is 2.22.